The van der Waals surface area contributed by atoms with Gasteiger partial charge in [0.05, 0.1) is 24.3 Å². The Morgan fingerprint density at radius 3 is 2.31 bits per heavy atom. The molecule has 210 valence electrons. The Hall–Kier alpha value is -1.51. The molecule has 36 heavy (non-hydrogen) atoms. The average Bonchev–Trinajstić information content (AvgIpc) is 2.83. The summed E-state index contributed by atoms with van der Waals surface area (Å²) in [5.41, 5.74) is -3.38. The number of hydrogen-bond acceptors (Lipinski definition) is 7. The topological polar surface area (TPSA) is 105 Å². The summed E-state index contributed by atoms with van der Waals surface area (Å²) in [7, 11) is 0. The highest BCUT2D eigenvalue weighted by Gasteiger charge is 2.57. The van der Waals surface area contributed by atoms with Crippen LogP contribution in [0.15, 0.2) is 0 Å². The molecule has 8 nitrogen and oxygen atoms in total. The zero-order valence-corrected chi connectivity index (χ0v) is 24.5. The van der Waals surface area contributed by atoms with Gasteiger partial charge in [-0.1, -0.05) is 54.9 Å². The number of hydrogen-bond donors (Lipinski definition) is 2. The van der Waals surface area contributed by atoms with Gasteiger partial charge in [-0.25, -0.2) is 4.79 Å². The molecule has 5 unspecified atom stereocenters. The number of aliphatic hydroxyl groups excluding tert-OH is 1. The molecule has 1 aliphatic rings. The normalized spacial score (nSPS) is 27.9. The molecule has 1 saturated heterocycles. The Balaban J connectivity index is 3.46. The quantitative estimate of drug-likeness (QED) is 0.262. The molecule has 0 spiro atoms. The Labute approximate surface area is 218 Å². The number of esters is 1. The number of carbonyl (C=O) groups excluding carboxylic acids is 3. The number of ether oxygens (including phenoxy) is 1. The van der Waals surface area contributed by atoms with Crippen LogP contribution in [0.3, 0.4) is 0 Å². The van der Waals surface area contributed by atoms with Gasteiger partial charge in [0.15, 0.2) is 5.60 Å². The van der Waals surface area contributed by atoms with Crippen LogP contribution in [0, 0.1) is 17.3 Å². The first-order valence-corrected chi connectivity index (χ1v) is 13.7. The number of Topliss-reactive ketones (excluding diaryl/α,β-unsaturated/α-hetero) is 1. The zero-order chi connectivity index (χ0) is 27.9. The Morgan fingerprint density at radius 1 is 1.19 bits per heavy atom. The lowest BCUT2D eigenvalue weighted by Crippen LogP contribution is -2.69. The monoisotopic (exact) mass is 512 g/mol. The number of nitrogens with one attached hydrogen (secondary N) is 1. The second-order valence-corrected chi connectivity index (χ2v) is 11.8. The summed E-state index contributed by atoms with van der Waals surface area (Å²) in [5.74, 6) is -0.980. The first-order valence-electron chi connectivity index (χ1n) is 13.7. The van der Waals surface area contributed by atoms with Crippen molar-refractivity contribution >= 4 is 17.7 Å². The number of piperidine rings is 1. The number of hydroxylamine groups is 2. The molecular weight excluding hydrogens is 460 g/mol. The van der Waals surface area contributed by atoms with E-state index in [1.54, 1.807) is 6.92 Å². The molecule has 0 bridgehead atoms. The van der Waals surface area contributed by atoms with E-state index in [1.807, 2.05) is 67.4 Å². The van der Waals surface area contributed by atoms with E-state index in [1.165, 1.54) is 0 Å². The van der Waals surface area contributed by atoms with Gasteiger partial charge in [-0.3, -0.25) is 14.4 Å². The van der Waals surface area contributed by atoms with Gasteiger partial charge in [0.25, 0.3) is 0 Å². The standard InChI is InChI=1S/C28H52N2O6/c1-11-14-17-35-24(34)28(10,18-20(4)25(6,7)23(33)29-15-16-31)36-30-26(8,12-2)19-22(32)21(5)27(30,9)13-3/h20-21,31H,11-19H2,1-10H3,(H,29,33). The molecule has 0 radical (unpaired) electrons. The molecule has 5 atom stereocenters. The van der Waals surface area contributed by atoms with E-state index in [0.29, 0.717) is 25.9 Å². The molecule has 1 rings (SSSR count). The fourth-order valence-electron chi connectivity index (χ4n) is 4.95. The molecule has 1 fully saturated rings. The first-order chi connectivity index (χ1) is 16.6. The lowest BCUT2D eigenvalue weighted by atomic mass is 9.70. The third-order valence-corrected chi connectivity index (χ3v) is 8.77. The molecule has 2 N–H and O–H groups in total. The van der Waals surface area contributed by atoms with Crippen molar-refractivity contribution in [2.75, 3.05) is 19.8 Å². The fourth-order valence-corrected chi connectivity index (χ4v) is 4.95. The molecule has 1 aliphatic heterocycles. The van der Waals surface area contributed by atoms with Crippen LogP contribution in [-0.2, 0) is 24.0 Å². The van der Waals surface area contributed by atoms with E-state index in [-0.39, 0.29) is 43.1 Å². The summed E-state index contributed by atoms with van der Waals surface area (Å²) in [6, 6.07) is 0. The van der Waals surface area contributed by atoms with Gasteiger partial charge in [0.1, 0.15) is 5.78 Å². The fraction of sp³-hybridized carbons (Fsp3) is 0.893. The number of ketones is 1. The molecule has 0 aromatic carbocycles. The molecule has 0 saturated carbocycles. The lowest BCUT2D eigenvalue weighted by Gasteiger charge is -2.57. The number of unbranched alkanes of at least 4 members (excludes halogenated alkanes) is 1. The maximum Gasteiger partial charge on any atom is 0.340 e. The average molecular weight is 513 g/mol. The number of amides is 1. The number of aliphatic hydroxyl groups is 1. The second-order valence-electron chi connectivity index (χ2n) is 11.8. The van der Waals surface area contributed by atoms with Crippen molar-refractivity contribution in [2.24, 2.45) is 17.3 Å². The summed E-state index contributed by atoms with van der Waals surface area (Å²) >= 11 is 0. The maximum atomic E-state index is 13.6. The summed E-state index contributed by atoms with van der Waals surface area (Å²) in [6.07, 6.45) is 3.57. The third-order valence-electron chi connectivity index (χ3n) is 8.77. The van der Waals surface area contributed by atoms with Gasteiger partial charge in [0, 0.05) is 24.3 Å². The smallest absolute Gasteiger partial charge is 0.340 e. The van der Waals surface area contributed by atoms with E-state index in [2.05, 4.69) is 5.32 Å². The van der Waals surface area contributed by atoms with Crippen LogP contribution in [0.1, 0.15) is 108 Å². The van der Waals surface area contributed by atoms with Crippen molar-refractivity contribution in [2.45, 2.75) is 124 Å². The van der Waals surface area contributed by atoms with Crippen molar-refractivity contribution in [3.05, 3.63) is 0 Å². The van der Waals surface area contributed by atoms with Crippen LogP contribution in [-0.4, -0.2) is 64.3 Å². The van der Waals surface area contributed by atoms with Crippen molar-refractivity contribution in [1.82, 2.24) is 10.4 Å². The van der Waals surface area contributed by atoms with E-state index in [0.717, 1.165) is 12.8 Å². The van der Waals surface area contributed by atoms with Gasteiger partial charge in [-0.15, -0.1) is 0 Å². The maximum absolute atomic E-state index is 13.6. The van der Waals surface area contributed by atoms with E-state index < -0.39 is 28.1 Å². The first kappa shape index (κ1) is 32.5. The van der Waals surface area contributed by atoms with E-state index in [9.17, 15) is 14.4 Å². The minimum absolute atomic E-state index is 0.141. The predicted molar refractivity (Wildman–Crippen MR) is 141 cm³/mol. The van der Waals surface area contributed by atoms with Crippen molar-refractivity contribution in [3.63, 3.8) is 0 Å². The van der Waals surface area contributed by atoms with Crippen LogP contribution in [0.5, 0.6) is 0 Å². The van der Waals surface area contributed by atoms with Gasteiger partial charge in [0.2, 0.25) is 5.91 Å². The van der Waals surface area contributed by atoms with Crippen LogP contribution in [0.25, 0.3) is 0 Å². The molecule has 0 aliphatic carbocycles. The predicted octanol–water partition coefficient (Wildman–Crippen LogP) is 4.43. The number of nitrogens with zero attached hydrogens (tertiary/aromatic N) is 1. The summed E-state index contributed by atoms with van der Waals surface area (Å²) < 4.78 is 5.69. The molecule has 0 aromatic rings. The highest BCUT2D eigenvalue weighted by atomic mass is 16.7. The largest absolute Gasteiger partial charge is 0.464 e. The van der Waals surface area contributed by atoms with Gasteiger partial charge >= 0.3 is 5.97 Å². The molecule has 8 heteroatoms. The minimum atomic E-state index is -1.37. The molecular formula is C28H52N2O6. The Kier molecular flexibility index (Phi) is 11.6. The van der Waals surface area contributed by atoms with E-state index in [4.69, 9.17) is 14.7 Å². The Morgan fingerprint density at radius 2 is 1.81 bits per heavy atom. The third kappa shape index (κ3) is 6.87. The summed E-state index contributed by atoms with van der Waals surface area (Å²) in [6.45, 7) is 19.8. The lowest BCUT2D eigenvalue weighted by molar-refractivity contribution is -0.340. The van der Waals surface area contributed by atoms with Crippen molar-refractivity contribution < 1.29 is 29.1 Å². The molecule has 1 amide bonds. The molecule has 1 heterocycles. The van der Waals surface area contributed by atoms with E-state index >= 15 is 0 Å². The molecule has 0 aromatic heterocycles. The van der Waals surface area contributed by atoms with Crippen LogP contribution >= 0.6 is 0 Å². The van der Waals surface area contributed by atoms with Crippen LogP contribution in [0.4, 0.5) is 0 Å². The summed E-state index contributed by atoms with van der Waals surface area (Å²) in [5, 5.41) is 13.8. The highest BCUT2D eigenvalue weighted by molar-refractivity contribution is 5.84. The van der Waals surface area contributed by atoms with Gasteiger partial charge in [-0.05, 0) is 52.4 Å². The van der Waals surface area contributed by atoms with Gasteiger partial charge in [-0.2, -0.15) is 5.06 Å². The Bertz CT molecular complexity index is 771. The highest BCUT2D eigenvalue weighted by Crippen LogP contribution is 2.47. The van der Waals surface area contributed by atoms with Crippen molar-refractivity contribution in [1.29, 1.82) is 0 Å². The minimum Gasteiger partial charge on any atom is -0.464 e. The van der Waals surface area contributed by atoms with Crippen molar-refractivity contribution in [3.8, 4) is 0 Å². The summed E-state index contributed by atoms with van der Waals surface area (Å²) in [4.78, 5) is 46.2. The zero-order valence-electron chi connectivity index (χ0n) is 24.5. The van der Waals surface area contributed by atoms with Crippen LogP contribution < -0.4 is 5.32 Å². The number of rotatable bonds is 14. The van der Waals surface area contributed by atoms with Crippen LogP contribution in [0.2, 0.25) is 0 Å². The number of carbonyl (C=O) groups is 3. The SMILES string of the molecule is CCCCOC(=O)C(C)(CC(C)C(C)(C)C(=O)NCCO)ON1C(C)(CC)CC(=O)C(C)C1(C)CC. The van der Waals surface area contributed by atoms with Gasteiger partial charge < -0.3 is 15.2 Å². The second kappa shape index (κ2) is 12.8.